The van der Waals surface area contributed by atoms with Crippen molar-refractivity contribution in [1.29, 1.82) is 0 Å². The molecule has 1 aromatic heterocycles. The minimum Gasteiger partial charge on any atom is -0.378 e. The molecule has 29 heavy (non-hydrogen) atoms. The van der Waals surface area contributed by atoms with Gasteiger partial charge in [0, 0.05) is 49.3 Å². The lowest BCUT2D eigenvalue weighted by molar-refractivity contribution is -0.135. The third kappa shape index (κ3) is 3.54. The average Bonchev–Trinajstić information content (AvgIpc) is 3.19. The van der Waals surface area contributed by atoms with E-state index in [1.54, 1.807) is 9.80 Å². The van der Waals surface area contributed by atoms with Crippen LogP contribution in [0.15, 0.2) is 36.2 Å². The van der Waals surface area contributed by atoms with Gasteiger partial charge in [-0.15, -0.1) is 0 Å². The van der Waals surface area contributed by atoms with Crippen LogP contribution in [-0.2, 0) is 20.9 Å². The van der Waals surface area contributed by atoms with Gasteiger partial charge in [-0.3, -0.25) is 14.5 Å². The van der Waals surface area contributed by atoms with Crippen molar-refractivity contribution in [3.05, 3.63) is 41.7 Å². The Labute approximate surface area is 175 Å². The molecule has 2 aromatic rings. The zero-order valence-electron chi connectivity index (χ0n) is 16.6. The quantitative estimate of drug-likeness (QED) is 0.567. The lowest BCUT2D eigenvalue weighted by Gasteiger charge is -2.27. The van der Waals surface area contributed by atoms with Crippen molar-refractivity contribution < 1.29 is 14.3 Å². The minimum atomic E-state index is -0.0961. The van der Waals surface area contributed by atoms with Crippen LogP contribution in [0.3, 0.4) is 0 Å². The van der Waals surface area contributed by atoms with E-state index in [0.717, 1.165) is 16.5 Å². The van der Waals surface area contributed by atoms with E-state index in [1.165, 1.54) is 0 Å². The summed E-state index contributed by atoms with van der Waals surface area (Å²) < 4.78 is 7.29. The van der Waals surface area contributed by atoms with E-state index in [4.69, 9.17) is 17.0 Å². The number of hydrogen-bond donors (Lipinski definition) is 0. The molecule has 2 aliphatic heterocycles. The van der Waals surface area contributed by atoms with Crippen LogP contribution in [0.5, 0.6) is 0 Å². The van der Waals surface area contributed by atoms with E-state index < -0.39 is 0 Å². The number of thiocarbonyl (C=S) groups is 1. The van der Waals surface area contributed by atoms with Crippen molar-refractivity contribution >= 4 is 46.1 Å². The molecule has 0 N–H and O–H groups in total. The Balaban J connectivity index is 1.69. The standard InChI is InChI=1S/C21H24N4O3S/c1-3-25-20(27)18(22(2)21(25)29)12-15-13-24(17-7-5-4-6-16(15)17)14-19(26)23-8-10-28-11-9-23/h4-7,12-13H,3,8-11,14H2,1-2H3/b18-12-. The van der Waals surface area contributed by atoms with Gasteiger partial charge in [-0.25, -0.2) is 0 Å². The number of carbonyl (C=O) groups is 2. The minimum absolute atomic E-state index is 0.0700. The van der Waals surface area contributed by atoms with E-state index in [9.17, 15) is 9.59 Å². The number of para-hydroxylation sites is 1. The molecule has 152 valence electrons. The van der Waals surface area contributed by atoms with E-state index in [1.807, 2.05) is 60.0 Å². The molecule has 4 rings (SSSR count). The van der Waals surface area contributed by atoms with Gasteiger partial charge in [0.05, 0.1) is 13.2 Å². The van der Waals surface area contributed by atoms with Crippen molar-refractivity contribution in [3.63, 3.8) is 0 Å². The van der Waals surface area contributed by atoms with E-state index in [2.05, 4.69) is 0 Å². The molecule has 0 saturated carbocycles. The maximum atomic E-state index is 12.7. The SMILES string of the molecule is CCN1C(=O)/C(=C/c2cn(CC(=O)N3CCOCC3)c3ccccc23)N(C)C1=S. The van der Waals surface area contributed by atoms with Gasteiger partial charge in [-0.05, 0) is 31.3 Å². The number of hydrogen-bond acceptors (Lipinski definition) is 4. The van der Waals surface area contributed by atoms with E-state index >= 15 is 0 Å². The highest BCUT2D eigenvalue weighted by Crippen LogP contribution is 2.27. The summed E-state index contributed by atoms with van der Waals surface area (Å²) >= 11 is 5.39. The summed E-state index contributed by atoms with van der Waals surface area (Å²) in [6.45, 7) is 5.11. The average molecular weight is 413 g/mol. The number of benzene rings is 1. The van der Waals surface area contributed by atoms with Crippen LogP contribution < -0.4 is 0 Å². The number of fused-ring (bicyclic) bond motifs is 1. The number of carbonyl (C=O) groups excluding carboxylic acids is 2. The number of morpholine rings is 1. The molecule has 7 nitrogen and oxygen atoms in total. The monoisotopic (exact) mass is 412 g/mol. The fourth-order valence-electron chi connectivity index (χ4n) is 3.82. The van der Waals surface area contributed by atoms with Gasteiger partial charge < -0.3 is 19.1 Å². The lowest BCUT2D eigenvalue weighted by Crippen LogP contribution is -2.42. The first kappa shape index (κ1) is 19.6. The molecule has 1 aromatic carbocycles. The van der Waals surface area contributed by atoms with Crippen LogP contribution in [0, 0.1) is 0 Å². The second-order valence-corrected chi connectivity index (χ2v) is 7.51. The maximum absolute atomic E-state index is 12.7. The molecule has 2 saturated heterocycles. The molecule has 0 unspecified atom stereocenters. The summed E-state index contributed by atoms with van der Waals surface area (Å²) in [5, 5.41) is 1.51. The number of ether oxygens (including phenoxy) is 1. The number of likely N-dealkylation sites (N-methyl/N-ethyl adjacent to an activating group) is 2. The number of rotatable bonds is 4. The van der Waals surface area contributed by atoms with Crippen molar-refractivity contribution in [1.82, 2.24) is 19.3 Å². The molecule has 2 fully saturated rings. The Morgan fingerprint density at radius 1 is 1.24 bits per heavy atom. The smallest absolute Gasteiger partial charge is 0.276 e. The summed E-state index contributed by atoms with van der Waals surface area (Å²) in [6.07, 6.45) is 3.80. The van der Waals surface area contributed by atoms with Crippen molar-refractivity contribution in [2.75, 3.05) is 39.9 Å². The number of nitrogens with zero attached hydrogens (tertiary/aromatic N) is 4. The third-order valence-electron chi connectivity index (χ3n) is 5.44. The van der Waals surface area contributed by atoms with Crippen molar-refractivity contribution in [2.45, 2.75) is 13.5 Å². The van der Waals surface area contributed by atoms with Crippen LogP contribution in [-0.4, -0.2) is 76.1 Å². The van der Waals surface area contributed by atoms with Crippen LogP contribution in [0.25, 0.3) is 17.0 Å². The highest BCUT2D eigenvalue weighted by molar-refractivity contribution is 7.80. The molecular formula is C21H24N4O3S. The van der Waals surface area contributed by atoms with E-state index in [0.29, 0.717) is 43.7 Å². The molecule has 2 aliphatic rings. The summed E-state index contributed by atoms with van der Waals surface area (Å²) in [6, 6.07) is 7.91. The van der Waals surface area contributed by atoms with Gasteiger partial charge >= 0.3 is 0 Å². The molecular weight excluding hydrogens is 388 g/mol. The zero-order chi connectivity index (χ0) is 20.5. The molecule has 0 atom stereocenters. The van der Waals surface area contributed by atoms with Crippen LogP contribution in [0.1, 0.15) is 12.5 Å². The summed E-state index contributed by atoms with van der Waals surface area (Å²) in [5.74, 6) is -0.0260. The number of aromatic nitrogens is 1. The maximum Gasteiger partial charge on any atom is 0.276 e. The zero-order valence-corrected chi connectivity index (χ0v) is 17.4. The molecule has 0 bridgehead atoms. The molecule has 3 heterocycles. The third-order valence-corrected chi connectivity index (χ3v) is 5.93. The highest BCUT2D eigenvalue weighted by Gasteiger charge is 2.34. The van der Waals surface area contributed by atoms with Crippen LogP contribution in [0.2, 0.25) is 0 Å². The van der Waals surface area contributed by atoms with Crippen LogP contribution in [0.4, 0.5) is 0 Å². The Morgan fingerprint density at radius 3 is 2.66 bits per heavy atom. The predicted molar refractivity (Wildman–Crippen MR) is 115 cm³/mol. The van der Waals surface area contributed by atoms with Gasteiger partial charge in [0.1, 0.15) is 12.2 Å². The van der Waals surface area contributed by atoms with Crippen molar-refractivity contribution in [2.24, 2.45) is 0 Å². The molecule has 0 radical (unpaired) electrons. The number of amides is 2. The van der Waals surface area contributed by atoms with Crippen molar-refractivity contribution in [3.8, 4) is 0 Å². The second kappa shape index (κ2) is 7.96. The highest BCUT2D eigenvalue weighted by atomic mass is 32.1. The fourth-order valence-corrected chi connectivity index (χ4v) is 4.13. The molecule has 2 amide bonds. The second-order valence-electron chi connectivity index (χ2n) is 7.14. The molecule has 8 heteroatoms. The molecule has 0 spiro atoms. The Kier molecular flexibility index (Phi) is 5.38. The van der Waals surface area contributed by atoms with Gasteiger partial charge in [0.15, 0.2) is 5.11 Å². The Morgan fingerprint density at radius 2 is 1.97 bits per heavy atom. The van der Waals surface area contributed by atoms with Gasteiger partial charge in [0.2, 0.25) is 5.91 Å². The summed E-state index contributed by atoms with van der Waals surface area (Å²) in [7, 11) is 1.81. The largest absolute Gasteiger partial charge is 0.378 e. The van der Waals surface area contributed by atoms with Crippen LogP contribution >= 0.6 is 12.2 Å². The Bertz CT molecular complexity index is 1010. The first-order chi connectivity index (χ1) is 14.0. The predicted octanol–water partition coefficient (Wildman–Crippen LogP) is 1.92. The van der Waals surface area contributed by atoms with Gasteiger partial charge in [-0.2, -0.15) is 0 Å². The van der Waals surface area contributed by atoms with Gasteiger partial charge in [-0.1, -0.05) is 18.2 Å². The van der Waals surface area contributed by atoms with Gasteiger partial charge in [0.25, 0.3) is 5.91 Å². The topological polar surface area (TPSA) is 58.0 Å². The van der Waals surface area contributed by atoms with E-state index in [-0.39, 0.29) is 18.4 Å². The normalized spacial score (nSPS) is 19.1. The first-order valence-corrected chi connectivity index (χ1v) is 10.2. The molecule has 0 aliphatic carbocycles. The first-order valence-electron chi connectivity index (χ1n) is 9.76. The summed E-state index contributed by atoms with van der Waals surface area (Å²) in [4.78, 5) is 30.6. The Hall–Kier alpha value is -2.71. The fraction of sp³-hybridized carbons (Fsp3) is 0.381. The summed E-state index contributed by atoms with van der Waals surface area (Å²) in [5.41, 5.74) is 2.40. The lowest BCUT2D eigenvalue weighted by atomic mass is 10.1.